The molecule has 0 spiro atoms. The third-order valence-corrected chi connectivity index (χ3v) is 6.40. The quantitative estimate of drug-likeness (QED) is 0.459. The zero-order valence-electron chi connectivity index (χ0n) is 21.2. The van der Waals surface area contributed by atoms with Gasteiger partial charge in [0, 0.05) is 44.5 Å². The number of methoxy groups -OCH3 is 2. The van der Waals surface area contributed by atoms with Gasteiger partial charge < -0.3 is 24.4 Å². The smallest absolute Gasteiger partial charge is 0.321 e. The van der Waals surface area contributed by atoms with Crippen LogP contribution in [0.2, 0.25) is 0 Å². The third-order valence-electron chi connectivity index (χ3n) is 6.40. The minimum atomic E-state index is -0.178. The summed E-state index contributed by atoms with van der Waals surface area (Å²) >= 11 is 0. The molecule has 0 saturated carbocycles. The van der Waals surface area contributed by atoms with Crippen molar-refractivity contribution in [2.75, 3.05) is 52.3 Å². The number of nitrogens with zero attached hydrogens (tertiary/aromatic N) is 3. The molecule has 4 rings (SSSR count). The fourth-order valence-corrected chi connectivity index (χ4v) is 4.24. The predicted molar refractivity (Wildman–Crippen MR) is 142 cm³/mol. The maximum atomic E-state index is 12.8. The summed E-state index contributed by atoms with van der Waals surface area (Å²) in [6, 6.07) is 24.7. The molecule has 1 aliphatic heterocycles. The highest BCUT2D eigenvalue weighted by Crippen LogP contribution is 2.25. The number of benzene rings is 3. The zero-order valence-corrected chi connectivity index (χ0v) is 21.2. The lowest BCUT2D eigenvalue weighted by Gasteiger charge is -2.36. The van der Waals surface area contributed by atoms with Gasteiger partial charge in [0.1, 0.15) is 11.5 Å². The fourth-order valence-electron chi connectivity index (χ4n) is 4.24. The van der Waals surface area contributed by atoms with Crippen molar-refractivity contribution in [1.82, 2.24) is 9.80 Å². The number of nitrogens with one attached hydrogen (secondary N) is 1. The molecule has 8 nitrogen and oxygen atoms in total. The number of hydrogen-bond acceptors (Lipinski definition) is 6. The van der Waals surface area contributed by atoms with Crippen molar-refractivity contribution in [3.63, 3.8) is 0 Å². The second kappa shape index (κ2) is 12.8. The maximum absolute atomic E-state index is 12.8. The molecule has 1 N–H and O–H groups in total. The van der Waals surface area contributed by atoms with E-state index in [1.807, 2.05) is 59.5 Å². The van der Waals surface area contributed by atoms with Gasteiger partial charge >= 0.3 is 6.03 Å². The van der Waals surface area contributed by atoms with E-state index in [0.29, 0.717) is 43.2 Å². The van der Waals surface area contributed by atoms with Crippen LogP contribution < -0.4 is 14.8 Å². The number of anilines is 1. The Morgan fingerprint density at radius 2 is 1.62 bits per heavy atom. The van der Waals surface area contributed by atoms with Gasteiger partial charge in [-0.05, 0) is 47.5 Å². The number of ether oxygens (including phenoxy) is 3. The highest BCUT2D eigenvalue weighted by Gasteiger charge is 2.24. The molecule has 192 valence electrons. The molecular formula is C29H32N4O4. The number of hydrogen-bond donors (Lipinski definition) is 1. The minimum absolute atomic E-state index is 0.116. The second-order valence-electron chi connectivity index (χ2n) is 8.83. The Labute approximate surface area is 218 Å². The number of urea groups is 1. The molecule has 0 unspecified atom stereocenters. The Morgan fingerprint density at radius 1 is 0.946 bits per heavy atom. The zero-order chi connectivity index (χ0) is 26.0. The third kappa shape index (κ3) is 7.23. The van der Waals surface area contributed by atoms with Gasteiger partial charge in [-0.1, -0.05) is 30.3 Å². The van der Waals surface area contributed by atoms with E-state index in [4.69, 9.17) is 19.5 Å². The first kappa shape index (κ1) is 26.0. The summed E-state index contributed by atoms with van der Waals surface area (Å²) in [4.78, 5) is 16.9. The van der Waals surface area contributed by atoms with Crippen LogP contribution in [0, 0.1) is 11.3 Å². The summed E-state index contributed by atoms with van der Waals surface area (Å²) < 4.78 is 17.0. The van der Waals surface area contributed by atoms with Gasteiger partial charge in [0.05, 0.1) is 38.6 Å². The lowest BCUT2D eigenvalue weighted by atomic mass is 10.1. The monoisotopic (exact) mass is 500 g/mol. The minimum Gasteiger partial charge on any atom is -0.497 e. The van der Waals surface area contributed by atoms with Crippen LogP contribution in [0.1, 0.15) is 22.8 Å². The van der Waals surface area contributed by atoms with Crippen molar-refractivity contribution >= 4 is 11.7 Å². The number of rotatable bonds is 9. The first-order valence-electron chi connectivity index (χ1n) is 12.2. The Kier molecular flexibility index (Phi) is 8.98. The van der Waals surface area contributed by atoms with Crippen LogP contribution in [0.15, 0.2) is 72.8 Å². The number of piperazine rings is 1. The van der Waals surface area contributed by atoms with Crippen molar-refractivity contribution in [1.29, 1.82) is 5.26 Å². The molecule has 1 heterocycles. The Morgan fingerprint density at radius 3 is 2.30 bits per heavy atom. The van der Waals surface area contributed by atoms with Crippen LogP contribution in [0.5, 0.6) is 11.5 Å². The van der Waals surface area contributed by atoms with Crippen molar-refractivity contribution < 1.29 is 19.0 Å². The van der Waals surface area contributed by atoms with Gasteiger partial charge in [0.15, 0.2) is 0 Å². The van der Waals surface area contributed by atoms with Crippen molar-refractivity contribution in [3.05, 3.63) is 89.5 Å². The molecule has 0 aliphatic carbocycles. The van der Waals surface area contributed by atoms with Gasteiger partial charge in [0.2, 0.25) is 0 Å². The van der Waals surface area contributed by atoms with E-state index in [1.54, 1.807) is 32.4 Å². The lowest BCUT2D eigenvalue weighted by molar-refractivity contribution is 0.00584. The van der Waals surface area contributed by atoms with Crippen LogP contribution in [0.4, 0.5) is 10.5 Å². The summed E-state index contributed by atoms with van der Waals surface area (Å²) in [5, 5.41) is 12.0. The van der Waals surface area contributed by atoms with Crippen LogP contribution in [0.25, 0.3) is 0 Å². The summed E-state index contributed by atoms with van der Waals surface area (Å²) in [7, 11) is 3.26. The Bertz CT molecular complexity index is 1220. The van der Waals surface area contributed by atoms with E-state index in [2.05, 4.69) is 16.3 Å². The SMILES string of the molecule is COc1cccc(NC(=O)N2CCN(C[C@H](OCc3ccc(C#N)cc3)c3cccc(OC)c3)CC2)c1. The summed E-state index contributed by atoms with van der Waals surface area (Å²) in [5.74, 6) is 1.48. The van der Waals surface area contributed by atoms with Crippen molar-refractivity contribution in [2.45, 2.75) is 12.7 Å². The molecule has 1 atom stereocenters. The average molecular weight is 501 g/mol. The lowest BCUT2D eigenvalue weighted by Crippen LogP contribution is -2.50. The number of amides is 2. The molecule has 0 aromatic heterocycles. The number of nitriles is 1. The normalized spacial score (nSPS) is 14.5. The Balaban J connectivity index is 1.36. The largest absolute Gasteiger partial charge is 0.497 e. The van der Waals surface area contributed by atoms with Crippen LogP contribution in [0.3, 0.4) is 0 Å². The second-order valence-corrected chi connectivity index (χ2v) is 8.83. The van der Waals surface area contributed by atoms with Crippen LogP contribution in [-0.4, -0.2) is 62.8 Å². The van der Waals surface area contributed by atoms with E-state index in [1.165, 1.54) is 0 Å². The first-order valence-corrected chi connectivity index (χ1v) is 12.2. The Hall–Kier alpha value is -4.06. The van der Waals surface area contributed by atoms with Gasteiger partial charge in [-0.15, -0.1) is 0 Å². The van der Waals surface area contributed by atoms with Gasteiger partial charge in [-0.3, -0.25) is 4.90 Å². The van der Waals surface area contributed by atoms with Crippen molar-refractivity contribution in [3.8, 4) is 17.6 Å². The topological polar surface area (TPSA) is 87.1 Å². The summed E-state index contributed by atoms with van der Waals surface area (Å²) in [6.45, 7) is 3.84. The molecular weight excluding hydrogens is 468 g/mol. The molecule has 3 aromatic rings. The summed E-state index contributed by atoms with van der Waals surface area (Å²) in [6.07, 6.45) is -0.178. The molecule has 0 bridgehead atoms. The average Bonchev–Trinajstić information content (AvgIpc) is 2.96. The number of carbonyl (C=O) groups excluding carboxylic acids is 1. The van der Waals surface area contributed by atoms with Crippen molar-refractivity contribution in [2.24, 2.45) is 0 Å². The van der Waals surface area contributed by atoms with E-state index in [0.717, 1.165) is 30.0 Å². The predicted octanol–water partition coefficient (Wildman–Crippen LogP) is 4.68. The van der Waals surface area contributed by atoms with Crippen LogP contribution >= 0.6 is 0 Å². The molecule has 1 fully saturated rings. The molecule has 2 amide bonds. The summed E-state index contributed by atoms with van der Waals surface area (Å²) in [5.41, 5.74) is 3.37. The fraction of sp³-hybridized carbons (Fsp3) is 0.310. The molecule has 8 heteroatoms. The number of carbonyl (C=O) groups is 1. The van der Waals surface area contributed by atoms with Crippen LogP contribution in [-0.2, 0) is 11.3 Å². The highest BCUT2D eigenvalue weighted by atomic mass is 16.5. The van der Waals surface area contributed by atoms with E-state index < -0.39 is 0 Å². The van der Waals surface area contributed by atoms with E-state index in [9.17, 15) is 4.79 Å². The molecule has 3 aromatic carbocycles. The highest BCUT2D eigenvalue weighted by molar-refractivity contribution is 5.89. The molecule has 37 heavy (non-hydrogen) atoms. The van der Waals surface area contributed by atoms with Gasteiger partial charge in [0.25, 0.3) is 0 Å². The molecule has 1 aliphatic rings. The van der Waals surface area contributed by atoms with E-state index >= 15 is 0 Å². The maximum Gasteiger partial charge on any atom is 0.321 e. The molecule has 0 radical (unpaired) electrons. The standard InChI is InChI=1S/C29H32N4O4/c1-35-26-7-3-5-24(17-26)28(37-21-23-11-9-22(19-30)10-12-23)20-32-13-15-33(16-14-32)29(34)31-25-6-4-8-27(18-25)36-2/h3-12,17-18,28H,13-16,20-21H2,1-2H3,(H,31,34)/t28-/m0/s1. The van der Waals surface area contributed by atoms with Gasteiger partial charge in [-0.25, -0.2) is 4.79 Å². The van der Waals surface area contributed by atoms with E-state index in [-0.39, 0.29) is 12.1 Å². The van der Waals surface area contributed by atoms with Gasteiger partial charge in [-0.2, -0.15) is 5.26 Å². The molecule has 1 saturated heterocycles. The first-order chi connectivity index (χ1) is 18.1.